The van der Waals surface area contributed by atoms with Crippen molar-refractivity contribution < 1.29 is 19.1 Å². The highest BCUT2D eigenvalue weighted by molar-refractivity contribution is 5.97. The van der Waals surface area contributed by atoms with Gasteiger partial charge < -0.3 is 14.4 Å². The fourth-order valence-electron chi connectivity index (χ4n) is 5.55. The maximum atomic E-state index is 13.0. The van der Waals surface area contributed by atoms with Crippen LogP contribution in [-0.4, -0.2) is 65.9 Å². The van der Waals surface area contributed by atoms with Crippen molar-refractivity contribution >= 4 is 11.7 Å². The lowest BCUT2D eigenvalue weighted by Gasteiger charge is -2.32. The Morgan fingerprint density at radius 1 is 0.850 bits per heavy atom. The Morgan fingerprint density at radius 2 is 1.52 bits per heavy atom. The molecule has 0 aliphatic carbocycles. The first-order valence-corrected chi connectivity index (χ1v) is 14.3. The molecular weight excluding hydrogens is 502 g/mol. The van der Waals surface area contributed by atoms with Gasteiger partial charge in [0.2, 0.25) is 0 Å². The molecule has 0 N–H and O–H groups in total. The van der Waals surface area contributed by atoms with Crippen LogP contribution in [0.4, 0.5) is 0 Å². The van der Waals surface area contributed by atoms with E-state index in [9.17, 15) is 9.59 Å². The number of rotatable bonds is 9. The molecule has 0 saturated carbocycles. The zero-order valence-corrected chi connectivity index (χ0v) is 23.6. The van der Waals surface area contributed by atoms with Gasteiger partial charge in [0.05, 0.1) is 7.11 Å². The Kier molecular flexibility index (Phi) is 9.12. The minimum Gasteiger partial charge on any atom is -0.497 e. The molecule has 1 amide bonds. The lowest BCUT2D eigenvalue weighted by molar-refractivity contribution is 0.0589. The third-order valence-electron chi connectivity index (χ3n) is 8.10. The highest BCUT2D eigenvalue weighted by Crippen LogP contribution is 2.25. The minimum absolute atomic E-state index is 0.0861. The average molecular weight is 542 g/mol. The standard InChI is InChI=1S/C33H39N3O4/c1-24-3-8-29(9-4-24)40-30-15-19-36(20-16-30)33(38)31-12-7-27(22-34-31)32(37)21-25-13-17-35(18-14-25)23-26-5-10-28(39-2)11-6-26/h3-12,22,25,30H,13-21,23H2,1-2H3. The Balaban J connectivity index is 1.05. The summed E-state index contributed by atoms with van der Waals surface area (Å²) in [5.74, 6) is 2.14. The van der Waals surface area contributed by atoms with E-state index in [2.05, 4.69) is 28.9 Å². The second-order valence-electron chi connectivity index (χ2n) is 11.0. The van der Waals surface area contributed by atoms with E-state index in [1.807, 2.05) is 41.3 Å². The van der Waals surface area contributed by atoms with Gasteiger partial charge in [0, 0.05) is 50.7 Å². The number of aromatic nitrogens is 1. The van der Waals surface area contributed by atoms with Gasteiger partial charge in [-0.25, -0.2) is 0 Å². The van der Waals surface area contributed by atoms with Crippen LogP contribution < -0.4 is 9.47 Å². The first-order valence-electron chi connectivity index (χ1n) is 14.3. The number of nitrogens with zero attached hydrogens (tertiary/aromatic N) is 3. The maximum absolute atomic E-state index is 13.0. The van der Waals surface area contributed by atoms with Crippen molar-refractivity contribution in [1.29, 1.82) is 0 Å². The lowest BCUT2D eigenvalue weighted by atomic mass is 9.90. The molecular formula is C33H39N3O4. The summed E-state index contributed by atoms with van der Waals surface area (Å²) in [5.41, 5.74) is 3.45. The maximum Gasteiger partial charge on any atom is 0.272 e. The number of pyridine rings is 1. The second kappa shape index (κ2) is 13.1. The zero-order valence-electron chi connectivity index (χ0n) is 23.6. The molecule has 5 rings (SSSR count). The van der Waals surface area contributed by atoms with Crippen LogP contribution in [0.1, 0.15) is 64.1 Å². The number of carbonyl (C=O) groups is 2. The fourth-order valence-corrected chi connectivity index (χ4v) is 5.55. The van der Waals surface area contributed by atoms with Gasteiger partial charge in [-0.15, -0.1) is 0 Å². The summed E-state index contributed by atoms with van der Waals surface area (Å²) in [4.78, 5) is 34.6. The third-order valence-corrected chi connectivity index (χ3v) is 8.10. The highest BCUT2D eigenvalue weighted by atomic mass is 16.5. The van der Waals surface area contributed by atoms with E-state index in [1.54, 1.807) is 25.4 Å². The summed E-state index contributed by atoms with van der Waals surface area (Å²) in [6.45, 7) is 6.22. The Bertz CT molecular complexity index is 1260. The number of ether oxygens (including phenoxy) is 2. The van der Waals surface area contributed by atoms with Gasteiger partial charge in [0.1, 0.15) is 23.3 Å². The van der Waals surface area contributed by atoms with E-state index in [1.165, 1.54) is 11.1 Å². The first kappa shape index (κ1) is 27.8. The summed E-state index contributed by atoms with van der Waals surface area (Å²) >= 11 is 0. The number of benzene rings is 2. The molecule has 2 fully saturated rings. The molecule has 40 heavy (non-hydrogen) atoms. The molecule has 2 aliphatic heterocycles. The molecule has 3 heterocycles. The van der Waals surface area contributed by atoms with Crippen molar-refractivity contribution in [3.05, 3.63) is 89.2 Å². The Labute approximate surface area is 237 Å². The van der Waals surface area contributed by atoms with E-state index in [-0.39, 0.29) is 17.8 Å². The van der Waals surface area contributed by atoms with Gasteiger partial charge in [0.15, 0.2) is 5.78 Å². The number of carbonyl (C=O) groups excluding carboxylic acids is 2. The molecule has 3 aromatic rings. The molecule has 2 aromatic carbocycles. The number of Topliss-reactive ketones (excluding diaryl/α,β-unsaturated/α-hetero) is 1. The molecule has 1 aromatic heterocycles. The summed E-state index contributed by atoms with van der Waals surface area (Å²) in [5, 5.41) is 0. The Morgan fingerprint density at radius 3 is 2.15 bits per heavy atom. The van der Waals surface area contributed by atoms with Gasteiger partial charge in [-0.05, 0) is 80.7 Å². The largest absolute Gasteiger partial charge is 0.497 e. The van der Waals surface area contributed by atoms with Gasteiger partial charge in [-0.2, -0.15) is 0 Å². The van der Waals surface area contributed by atoms with Gasteiger partial charge >= 0.3 is 0 Å². The van der Waals surface area contributed by atoms with Crippen LogP contribution in [0.5, 0.6) is 11.5 Å². The molecule has 2 saturated heterocycles. The second-order valence-corrected chi connectivity index (χ2v) is 11.0. The van der Waals surface area contributed by atoms with E-state index >= 15 is 0 Å². The average Bonchev–Trinajstić information content (AvgIpc) is 3.00. The topological polar surface area (TPSA) is 72.0 Å². The number of hydrogen-bond acceptors (Lipinski definition) is 6. The quantitative estimate of drug-likeness (QED) is 0.330. The van der Waals surface area contributed by atoms with Crippen LogP contribution in [0, 0.1) is 12.8 Å². The van der Waals surface area contributed by atoms with E-state index < -0.39 is 0 Å². The van der Waals surface area contributed by atoms with Gasteiger partial charge in [0.25, 0.3) is 5.91 Å². The van der Waals surface area contributed by atoms with Crippen molar-refractivity contribution in [2.24, 2.45) is 5.92 Å². The summed E-state index contributed by atoms with van der Waals surface area (Å²) in [6, 6.07) is 19.7. The van der Waals surface area contributed by atoms with E-state index in [4.69, 9.17) is 9.47 Å². The van der Waals surface area contributed by atoms with Crippen molar-refractivity contribution in [3.63, 3.8) is 0 Å². The molecule has 0 bridgehead atoms. The predicted octanol–water partition coefficient (Wildman–Crippen LogP) is 5.57. The summed E-state index contributed by atoms with van der Waals surface area (Å²) in [6.07, 6.45) is 5.80. The number of likely N-dealkylation sites (tertiary alicyclic amines) is 2. The van der Waals surface area contributed by atoms with Gasteiger partial charge in [-0.3, -0.25) is 19.5 Å². The van der Waals surface area contributed by atoms with Crippen molar-refractivity contribution in [2.45, 2.75) is 51.7 Å². The number of hydrogen-bond donors (Lipinski definition) is 0. The smallest absolute Gasteiger partial charge is 0.272 e. The van der Waals surface area contributed by atoms with Crippen LogP contribution in [0.2, 0.25) is 0 Å². The van der Waals surface area contributed by atoms with E-state index in [0.717, 1.165) is 56.8 Å². The number of methoxy groups -OCH3 is 1. The Hall–Kier alpha value is -3.71. The monoisotopic (exact) mass is 541 g/mol. The summed E-state index contributed by atoms with van der Waals surface area (Å²) in [7, 11) is 1.68. The molecule has 7 heteroatoms. The molecule has 0 atom stereocenters. The highest BCUT2D eigenvalue weighted by Gasteiger charge is 2.26. The normalized spacial score (nSPS) is 17.0. The van der Waals surface area contributed by atoms with E-state index in [0.29, 0.717) is 36.7 Å². The zero-order chi connectivity index (χ0) is 27.9. The van der Waals surface area contributed by atoms with Crippen molar-refractivity contribution in [3.8, 4) is 11.5 Å². The fraction of sp³-hybridized carbons (Fsp3) is 0.424. The van der Waals surface area contributed by atoms with Crippen molar-refractivity contribution in [2.75, 3.05) is 33.3 Å². The first-order chi connectivity index (χ1) is 19.5. The van der Waals surface area contributed by atoms with Crippen LogP contribution >= 0.6 is 0 Å². The van der Waals surface area contributed by atoms with Crippen molar-refractivity contribution in [1.82, 2.24) is 14.8 Å². The third kappa shape index (κ3) is 7.27. The molecule has 7 nitrogen and oxygen atoms in total. The molecule has 0 spiro atoms. The number of ketones is 1. The van der Waals surface area contributed by atoms with Crippen LogP contribution in [-0.2, 0) is 6.54 Å². The van der Waals surface area contributed by atoms with Gasteiger partial charge in [-0.1, -0.05) is 29.8 Å². The van der Waals surface area contributed by atoms with Crippen LogP contribution in [0.15, 0.2) is 66.9 Å². The molecule has 2 aliphatic rings. The lowest BCUT2D eigenvalue weighted by Crippen LogP contribution is -2.42. The summed E-state index contributed by atoms with van der Waals surface area (Å²) < 4.78 is 11.3. The molecule has 0 unspecified atom stereocenters. The van der Waals surface area contributed by atoms with Crippen LogP contribution in [0.25, 0.3) is 0 Å². The number of piperidine rings is 2. The SMILES string of the molecule is COc1ccc(CN2CCC(CC(=O)c3ccc(C(=O)N4CCC(Oc5ccc(C)cc5)CC4)nc3)CC2)cc1. The molecule has 210 valence electrons. The van der Waals surface area contributed by atoms with Crippen LogP contribution in [0.3, 0.4) is 0 Å². The number of aryl methyl sites for hydroxylation is 1. The minimum atomic E-state index is -0.0861. The predicted molar refractivity (Wildman–Crippen MR) is 155 cm³/mol. The molecule has 0 radical (unpaired) electrons. The number of amides is 1.